The topological polar surface area (TPSA) is 21.3 Å². The molecule has 2 heteroatoms. The highest BCUT2D eigenvalue weighted by Crippen LogP contribution is 2.50. The fourth-order valence-corrected chi connectivity index (χ4v) is 4.14. The van der Waals surface area contributed by atoms with Gasteiger partial charge in [0.2, 0.25) is 0 Å². The number of methoxy groups -OCH3 is 1. The molecule has 0 aliphatic heterocycles. The van der Waals surface area contributed by atoms with Crippen LogP contribution in [0.4, 0.5) is 0 Å². The lowest BCUT2D eigenvalue weighted by atomic mass is 9.78. The number of hydrogen-bond donors (Lipinski definition) is 1. The summed E-state index contributed by atoms with van der Waals surface area (Å²) >= 11 is 0. The van der Waals surface area contributed by atoms with Gasteiger partial charge in [-0.05, 0) is 56.4 Å². The Labute approximate surface area is 100 Å². The molecule has 0 aromatic carbocycles. The van der Waals surface area contributed by atoms with Crippen molar-refractivity contribution in [2.45, 2.75) is 45.1 Å². The van der Waals surface area contributed by atoms with E-state index in [4.69, 9.17) is 4.74 Å². The van der Waals surface area contributed by atoms with Crippen molar-refractivity contribution in [3.8, 4) is 0 Å². The van der Waals surface area contributed by atoms with Crippen LogP contribution in [0.25, 0.3) is 0 Å². The van der Waals surface area contributed by atoms with Gasteiger partial charge in [0, 0.05) is 19.8 Å². The zero-order valence-corrected chi connectivity index (χ0v) is 11.0. The van der Waals surface area contributed by atoms with Gasteiger partial charge in [-0.15, -0.1) is 0 Å². The van der Waals surface area contributed by atoms with Crippen LogP contribution >= 0.6 is 0 Å². The second-order valence-corrected chi connectivity index (χ2v) is 5.91. The lowest BCUT2D eigenvalue weighted by Gasteiger charge is -2.34. The van der Waals surface area contributed by atoms with Gasteiger partial charge in [-0.25, -0.2) is 0 Å². The van der Waals surface area contributed by atoms with E-state index in [1.54, 1.807) is 7.11 Å². The van der Waals surface area contributed by atoms with Gasteiger partial charge in [-0.1, -0.05) is 13.3 Å². The van der Waals surface area contributed by atoms with Gasteiger partial charge in [0.1, 0.15) is 0 Å². The summed E-state index contributed by atoms with van der Waals surface area (Å²) in [5.74, 6) is 3.76. The van der Waals surface area contributed by atoms with Crippen molar-refractivity contribution in [1.29, 1.82) is 0 Å². The maximum absolute atomic E-state index is 5.20. The van der Waals surface area contributed by atoms with Gasteiger partial charge in [-0.2, -0.15) is 0 Å². The first-order chi connectivity index (χ1) is 7.76. The standard InChI is InChI=1S/C14H27NO/c1-10(6-7-16-3)14(15-2)13-9-11-4-5-12(13)8-11/h10-15H,4-9H2,1-3H3. The summed E-state index contributed by atoms with van der Waals surface area (Å²) in [5, 5.41) is 3.58. The maximum atomic E-state index is 5.20. The minimum atomic E-state index is 0.713. The Morgan fingerprint density at radius 1 is 1.31 bits per heavy atom. The fourth-order valence-electron chi connectivity index (χ4n) is 4.14. The normalized spacial score (nSPS) is 36.6. The van der Waals surface area contributed by atoms with Crippen molar-refractivity contribution in [1.82, 2.24) is 5.32 Å². The maximum Gasteiger partial charge on any atom is 0.0465 e. The monoisotopic (exact) mass is 225 g/mol. The molecule has 2 bridgehead atoms. The van der Waals surface area contributed by atoms with E-state index in [1.807, 2.05) is 0 Å². The first kappa shape index (κ1) is 12.4. The van der Waals surface area contributed by atoms with E-state index in [9.17, 15) is 0 Å². The minimum absolute atomic E-state index is 0.713. The van der Waals surface area contributed by atoms with Crippen molar-refractivity contribution in [3.05, 3.63) is 0 Å². The highest BCUT2D eigenvalue weighted by atomic mass is 16.5. The zero-order valence-electron chi connectivity index (χ0n) is 11.0. The highest BCUT2D eigenvalue weighted by molar-refractivity contribution is 4.96. The molecule has 94 valence electrons. The predicted octanol–water partition coefficient (Wildman–Crippen LogP) is 2.68. The second kappa shape index (κ2) is 5.50. The molecule has 16 heavy (non-hydrogen) atoms. The van der Waals surface area contributed by atoms with E-state index in [0.717, 1.165) is 30.3 Å². The van der Waals surface area contributed by atoms with Gasteiger partial charge >= 0.3 is 0 Å². The third-order valence-electron chi connectivity index (χ3n) is 4.98. The molecule has 2 nitrogen and oxygen atoms in total. The van der Waals surface area contributed by atoms with Crippen molar-refractivity contribution in [3.63, 3.8) is 0 Å². The van der Waals surface area contributed by atoms with Crippen LogP contribution in [0.1, 0.15) is 39.0 Å². The molecule has 0 aromatic heterocycles. The van der Waals surface area contributed by atoms with Gasteiger partial charge in [0.15, 0.2) is 0 Å². The number of ether oxygens (including phenoxy) is 1. The molecule has 0 amide bonds. The Kier molecular flexibility index (Phi) is 4.26. The smallest absolute Gasteiger partial charge is 0.0465 e. The number of nitrogens with one attached hydrogen (secondary N) is 1. The van der Waals surface area contributed by atoms with Crippen LogP contribution in [0.15, 0.2) is 0 Å². The molecular weight excluding hydrogens is 198 g/mol. The van der Waals surface area contributed by atoms with Crippen molar-refractivity contribution < 1.29 is 4.74 Å². The van der Waals surface area contributed by atoms with Gasteiger partial charge < -0.3 is 10.1 Å². The van der Waals surface area contributed by atoms with Gasteiger partial charge in [0.25, 0.3) is 0 Å². The largest absolute Gasteiger partial charge is 0.385 e. The van der Waals surface area contributed by atoms with Gasteiger partial charge in [-0.3, -0.25) is 0 Å². The van der Waals surface area contributed by atoms with Crippen LogP contribution in [0.5, 0.6) is 0 Å². The van der Waals surface area contributed by atoms with E-state index >= 15 is 0 Å². The molecule has 0 radical (unpaired) electrons. The second-order valence-electron chi connectivity index (χ2n) is 5.91. The molecule has 0 spiro atoms. The summed E-state index contributed by atoms with van der Waals surface area (Å²) < 4.78 is 5.20. The van der Waals surface area contributed by atoms with Crippen LogP contribution in [-0.4, -0.2) is 26.8 Å². The Bertz CT molecular complexity index is 219. The van der Waals surface area contributed by atoms with Crippen molar-refractivity contribution in [2.75, 3.05) is 20.8 Å². The zero-order chi connectivity index (χ0) is 11.5. The number of hydrogen-bond acceptors (Lipinski definition) is 2. The molecule has 2 rings (SSSR count). The van der Waals surface area contributed by atoms with Crippen LogP contribution in [-0.2, 0) is 4.74 Å². The molecule has 2 fully saturated rings. The summed E-state index contributed by atoms with van der Waals surface area (Å²) in [6.07, 6.45) is 7.18. The number of fused-ring (bicyclic) bond motifs is 2. The van der Waals surface area contributed by atoms with Gasteiger partial charge in [0.05, 0.1) is 0 Å². The van der Waals surface area contributed by atoms with E-state index in [-0.39, 0.29) is 0 Å². The number of rotatable bonds is 6. The van der Waals surface area contributed by atoms with Crippen LogP contribution < -0.4 is 5.32 Å². The van der Waals surface area contributed by atoms with Crippen LogP contribution in [0, 0.1) is 23.7 Å². The minimum Gasteiger partial charge on any atom is -0.385 e. The van der Waals surface area contributed by atoms with E-state index < -0.39 is 0 Å². The van der Waals surface area contributed by atoms with Crippen LogP contribution in [0.2, 0.25) is 0 Å². The molecule has 5 atom stereocenters. The lowest BCUT2D eigenvalue weighted by Crippen LogP contribution is -2.41. The van der Waals surface area contributed by atoms with E-state index in [2.05, 4.69) is 19.3 Å². The molecule has 0 aromatic rings. The summed E-state index contributed by atoms with van der Waals surface area (Å²) in [7, 11) is 3.94. The van der Waals surface area contributed by atoms with Crippen LogP contribution in [0.3, 0.4) is 0 Å². The lowest BCUT2D eigenvalue weighted by molar-refractivity contribution is 0.145. The first-order valence-electron chi connectivity index (χ1n) is 6.92. The summed E-state index contributed by atoms with van der Waals surface area (Å²) in [6, 6.07) is 0.713. The average Bonchev–Trinajstić information content (AvgIpc) is 2.89. The predicted molar refractivity (Wildman–Crippen MR) is 67.4 cm³/mol. The Morgan fingerprint density at radius 2 is 2.12 bits per heavy atom. The SMILES string of the molecule is CNC(C(C)CCOC)C1CC2CCC1C2. The molecule has 0 saturated heterocycles. The van der Waals surface area contributed by atoms with Crippen molar-refractivity contribution >= 4 is 0 Å². The molecule has 5 unspecified atom stereocenters. The molecule has 2 saturated carbocycles. The summed E-state index contributed by atoms with van der Waals surface area (Å²) in [5.41, 5.74) is 0. The third kappa shape index (κ3) is 2.43. The van der Waals surface area contributed by atoms with E-state index in [1.165, 1.54) is 32.1 Å². The highest BCUT2D eigenvalue weighted by Gasteiger charge is 2.43. The van der Waals surface area contributed by atoms with E-state index in [0.29, 0.717) is 6.04 Å². The molecule has 2 aliphatic carbocycles. The average molecular weight is 225 g/mol. The Balaban J connectivity index is 1.89. The third-order valence-corrected chi connectivity index (χ3v) is 4.98. The molecule has 2 aliphatic rings. The van der Waals surface area contributed by atoms with Crippen molar-refractivity contribution in [2.24, 2.45) is 23.7 Å². The first-order valence-corrected chi connectivity index (χ1v) is 6.92. The fraction of sp³-hybridized carbons (Fsp3) is 1.00. The molecular formula is C14H27NO. The molecule has 0 heterocycles. The Morgan fingerprint density at radius 3 is 2.62 bits per heavy atom. The summed E-state index contributed by atoms with van der Waals surface area (Å²) in [6.45, 7) is 3.28. The quantitative estimate of drug-likeness (QED) is 0.750. The molecule has 1 N–H and O–H groups in total. The summed E-state index contributed by atoms with van der Waals surface area (Å²) in [4.78, 5) is 0. The Hall–Kier alpha value is -0.0800.